The van der Waals surface area contributed by atoms with Crippen molar-refractivity contribution in [1.29, 1.82) is 0 Å². The van der Waals surface area contributed by atoms with Gasteiger partial charge in [0.15, 0.2) is 0 Å². The van der Waals surface area contributed by atoms with Crippen molar-refractivity contribution >= 4 is 11.8 Å². The van der Waals surface area contributed by atoms with Crippen LogP contribution in [0.5, 0.6) is 0 Å². The Bertz CT molecular complexity index is 354. The third kappa shape index (κ3) is 3.38. The van der Waals surface area contributed by atoms with E-state index in [9.17, 15) is 18.3 Å². The second-order valence-corrected chi connectivity index (χ2v) is 4.78. The van der Waals surface area contributed by atoms with Crippen LogP contribution in [-0.2, 0) is 6.18 Å². The van der Waals surface area contributed by atoms with Gasteiger partial charge in [0.05, 0.1) is 11.7 Å². The molecule has 0 aliphatic rings. The molecule has 0 aliphatic heterocycles. The minimum atomic E-state index is -4.41. The van der Waals surface area contributed by atoms with E-state index in [0.29, 0.717) is 0 Å². The summed E-state index contributed by atoms with van der Waals surface area (Å²) in [6, 6.07) is 2.24. The van der Waals surface area contributed by atoms with Crippen LogP contribution in [0, 0.1) is 0 Å². The number of alkyl halides is 3. The smallest absolute Gasteiger partial charge is 0.392 e. The average molecular weight is 251 g/mol. The number of hydrogen-bond donors (Lipinski definition) is 1. The van der Waals surface area contributed by atoms with Gasteiger partial charge >= 0.3 is 6.18 Å². The van der Waals surface area contributed by atoms with E-state index in [1.54, 1.807) is 6.92 Å². The van der Waals surface area contributed by atoms with Crippen LogP contribution in [0.4, 0.5) is 13.2 Å². The third-order valence-electron chi connectivity index (χ3n) is 2.05. The van der Waals surface area contributed by atoms with Gasteiger partial charge in [-0.25, -0.2) is 4.98 Å². The predicted octanol–water partition coefficient (Wildman–Crippen LogP) is 2.96. The van der Waals surface area contributed by atoms with Gasteiger partial charge in [-0.05, 0) is 19.1 Å². The van der Waals surface area contributed by atoms with Crippen LogP contribution < -0.4 is 0 Å². The fourth-order valence-electron chi connectivity index (χ4n) is 0.975. The van der Waals surface area contributed by atoms with E-state index in [0.717, 1.165) is 17.8 Å². The van der Waals surface area contributed by atoms with E-state index < -0.39 is 17.8 Å². The normalized spacial score (nSPS) is 15.9. The molecule has 1 rings (SSSR count). The standard InChI is InChI=1S/C10H12F3NOS/c1-6(15)7(2)16-9-8(10(11,12)13)4-3-5-14-9/h3-7,15H,1-2H3. The first-order valence-electron chi connectivity index (χ1n) is 4.69. The quantitative estimate of drug-likeness (QED) is 0.838. The summed E-state index contributed by atoms with van der Waals surface area (Å²) in [5.41, 5.74) is -0.757. The zero-order valence-electron chi connectivity index (χ0n) is 8.82. The number of aliphatic hydroxyl groups is 1. The lowest BCUT2D eigenvalue weighted by Gasteiger charge is -2.16. The molecule has 6 heteroatoms. The molecule has 1 aromatic heterocycles. The van der Waals surface area contributed by atoms with Gasteiger partial charge < -0.3 is 5.11 Å². The summed E-state index contributed by atoms with van der Waals surface area (Å²) in [5, 5.41) is 8.81. The molecule has 1 heterocycles. The molecule has 2 atom stereocenters. The molecule has 16 heavy (non-hydrogen) atoms. The summed E-state index contributed by atoms with van der Waals surface area (Å²) >= 11 is 0.924. The molecule has 0 spiro atoms. The number of nitrogens with zero attached hydrogens (tertiary/aromatic N) is 1. The molecule has 0 aromatic carbocycles. The Morgan fingerprint density at radius 2 is 2.00 bits per heavy atom. The van der Waals surface area contributed by atoms with E-state index in [2.05, 4.69) is 4.98 Å². The van der Waals surface area contributed by atoms with Crippen molar-refractivity contribution < 1.29 is 18.3 Å². The molecule has 2 nitrogen and oxygen atoms in total. The number of hydrogen-bond acceptors (Lipinski definition) is 3. The summed E-state index contributed by atoms with van der Waals surface area (Å²) in [6.45, 7) is 3.19. The van der Waals surface area contributed by atoms with E-state index >= 15 is 0 Å². The molecule has 0 saturated carbocycles. The van der Waals surface area contributed by atoms with Crippen LogP contribution >= 0.6 is 11.8 Å². The van der Waals surface area contributed by atoms with Crippen molar-refractivity contribution in [3.8, 4) is 0 Å². The fraction of sp³-hybridized carbons (Fsp3) is 0.500. The molecule has 2 unspecified atom stereocenters. The summed E-state index contributed by atoms with van der Waals surface area (Å²) in [7, 11) is 0. The van der Waals surface area contributed by atoms with E-state index in [-0.39, 0.29) is 10.3 Å². The van der Waals surface area contributed by atoms with Crippen molar-refractivity contribution in [3.05, 3.63) is 23.9 Å². The Balaban J connectivity index is 2.96. The lowest BCUT2D eigenvalue weighted by molar-refractivity contribution is -0.140. The lowest BCUT2D eigenvalue weighted by atomic mass is 10.3. The monoisotopic (exact) mass is 251 g/mol. The maximum absolute atomic E-state index is 12.6. The van der Waals surface area contributed by atoms with Crippen molar-refractivity contribution in [2.24, 2.45) is 0 Å². The summed E-state index contributed by atoms with van der Waals surface area (Å²) in [4.78, 5) is 3.70. The number of pyridine rings is 1. The van der Waals surface area contributed by atoms with Crippen molar-refractivity contribution in [1.82, 2.24) is 4.98 Å². The summed E-state index contributed by atoms with van der Waals surface area (Å²) < 4.78 is 37.8. The molecule has 0 fully saturated rings. The van der Waals surface area contributed by atoms with Crippen molar-refractivity contribution in [2.45, 2.75) is 36.4 Å². The Labute approximate surface area is 95.9 Å². The second-order valence-electron chi connectivity index (χ2n) is 3.42. The van der Waals surface area contributed by atoms with Crippen LogP contribution in [0.25, 0.3) is 0 Å². The SMILES string of the molecule is CC(O)C(C)Sc1ncccc1C(F)(F)F. The molecule has 0 saturated heterocycles. The van der Waals surface area contributed by atoms with E-state index in [1.165, 1.54) is 19.2 Å². The number of halogens is 3. The molecule has 1 aromatic rings. The van der Waals surface area contributed by atoms with Gasteiger partial charge in [-0.15, -0.1) is 11.8 Å². The fourth-order valence-corrected chi connectivity index (χ4v) is 1.96. The minimum Gasteiger partial charge on any atom is -0.392 e. The highest BCUT2D eigenvalue weighted by Gasteiger charge is 2.34. The average Bonchev–Trinajstić information content (AvgIpc) is 2.16. The summed E-state index contributed by atoms with van der Waals surface area (Å²) in [5.74, 6) is 0. The number of thioether (sulfide) groups is 1. The maximum Gasteiger partial charge on any atom is 0.419 e. The molecule has 1 N–H and O–H groups in total. The second kappa shape index (κ2) is 5.05. The molecule has 0 bridgehead atoms. The van der Waals surface area contributed by atoms with Gasteiger partial charge in [0.25, 0.3) is 0 Å². The van der Waals surface area contributed by atoms with Crippen LogP contribution in [0.15, 0.2) is 23.4 Å². The Morgan fingerprint density at radius 3 is 2.50 bits per heavy atom. The molecule has 0 amide bonds. The van der Waals surface area contributed by atoms with Crippen LogP contribution in [0.1, 0.15) is 19.4 Å². The molecular formula is C10H12F3NOS. The van der Waals surface area contributed by atoms with E-state index in [1.807, 2.05) is 0 Å². The zero-order chi connectivity index (χ0) is 12.3. The van der Waals surface area contributed by atoms with Gasteiger partial charge in [0.1, 0.15) is 5.03 Å². The highest BCUT2D eigenvalue weighted by atomic mass is 32.2. The van der Waals surface area contributed by atoms with Crippen LogP contribution in [-0.4, -0.2) is 21.4 Å². The Kier molecular flexibility index (Phi) is 4.21. The Morgan fingerprint density at radius 1 is 1.38 bits per heavy atom. The third-order valence-corrected chi connectivity index (χ3v) is 3.37. The maximum atomic E-state index is 12.6. The highest BCUT2D eigenvalue weighted by Crippen LogP contribution is 2.37. The zero-order valence-corrected chi connectivity index (χ0v) is 9.64. The van der Waals surface area contributed by atoms with Gasteiger partial charge in [0, 0.05) is 11.4 Å². The number of aliphatic hydroxyl groups excluding tert-OH is 1. The Hall–Kier alpha value is -0.750. The largest absolute Gasteiger partial charge is 0.419 e. The van der Waals surface area contributed by atoms with Crippen molar-refractivity contribution in [3.63, 3.8) is 0 Å². The van der Waals surface area contributed by atoms with Gasteiger partial charge in [-0.1, -0.05) is 6.92 Å². The number of aromatic nitrogens is 1. The number of rotatable bonds is 3. The van der Waals surface area contributed by atoms with Gasteiger partial charge in [-0.2, -0.15) is 13.2 Å². The summed E-state index contributed by atoms with van der Waals surface area (Å²) in [6.07, 6.45) is -3.78. The van der Waals surface area contributed by atoms with E-state index in [4.69, 9.17) is 0 Å². The first-order valence-corrected chi connectivity index (χ1v) is 5.57. The topological polar surface area (TPSA) is 33.1 Å². The lowest BCUT2D eigenvalue weighted by Crippen LogP contribution is -2.17. The molecule has 90 valence electrons. The van der Waals surface area contributed by atoms with Gasteiger partial charge in [-0.3, -0.25) is 0 Å². The molecule has 0 aliphatic carbocycles. The van der Waals surface area contributed by atoms with Gasteiger partial charge in [0.2, 0.25) is 0 Å². The first-order chi connectivity index (χ1) is 7.32. The molecule has 0 radical (unpaired) electrons. The minimum absolute atomic E-state index is 0.0941. The predicted molar refractivity (Wildman–Crippen MR) is 56.2 cm³/mol. The van der Waals surface area contributed by atoms with Crippen LogP contribution in [0.2, 0.25) is 0 Å². The molecular weight excluding hydrogens is 239 g/mol. The van der Waals surface area contributed by atoms with Crippen molar-refractivity contribution in [2.75, 3.05) is 0 Å². The highest BCUT2D eigenvalue weighted by molar-refractivity contribution is 7.99. The first kappa shape index (κ1) is 13.3. The van der Waals surface area contributed by atoms with Crippen LogP contribution in [0.3, 0.4) is 0 Å².